The first-order chi connectivity index (χ1) is 8.24. The lowest BCUT2D eigenvalue weighted by molar-refractivity contribution is 0.0695. The van der Waals surface area contributed by atoms with E-state index in [0.29, 0.717) is 29.3 Å². The minimum absolute atomic E-state index is 0.299. The number of rotatable bonds is 5. The zero-order valence-corrected chi connectivity index (χ0v) is 9.63. The summed E-state index contributed by atoms with van der Waals surface area (Å²) in [6, 6.07) is 6.82. The molecular formula is C14H16O3. The summed E-state index contributed by atoms with van der Waals surface area (Å²) < 4.78 is 5.99. The van der Waals surface area contributed by atoms with Crippen LogP contribution < -0.4 is 4.74 Å². The number of benzene rings is 1. The lowest BCUT2D eigenvalue weighted by Crippen LogP contribution is -2.21. The first-order valence-electron chi connectivity index (χ1n) is 6.24. The Bertz CT molecular complexity index is 421. The van der Waals surface area contributed by atoms with Crippen LogP contribution in [0.5, 0.6) is 5.75 Å². The van der Waals surface area contributed by atoms with Crippen LogP contribution in [0.25, 0.3) is 0 Å². The molecule has 0 unspecified atom stereocenters. The van der Waals surface area contributed by atoms with Crippen molar-refractivity contribution >= 4 is 5.97 Å². The lowest BCUT2D eigenvalue weighted by Gasteiger charge is -2.18. The van der Waals surface area contributed by atoms with Crippen molar-refractivity contribution < 1.29 is 14.6 Å². The minimum Gasteiger partial charge on any atom is -0.490 e. The maximum absolute atomic E-state index is 10.9. The predicted molar refractivity (Wildman–Crippen MR) is 63.3 cm³/mol. The average Bonchev–Trinajstić information content (AvgIpc) is 3.16. The Kier molecular flexibility index (Phi) is 2.54. The Morgan fingerprint density at radius 3 is 2.41 bits per heavy atom. The lowest BCUT2D eigenvalue weighted by atomic mass is 10.1. The second-order valence-electron chi connectivity index (χ2n) is 5.09. The molecule has 0 spiro atoms. The largest absolute Gasteiger partial charge is 0.490 e. The van der Waals surface area contributed by atoms with Crippen LogP contribution in [0.3, 0.4) is 0 Å². The Morgan fingerprint density at radius 2 is 1.88 bits per heavy atom. The molecule has 90 valence electrons. The molecule has 1 aromatic rings. The van der Waals surface area contributed by atoms with Crippen LogP contribution in [0.15, 0.2) is 24.3 Å². The predicted octanol–water partition coefficient (Wildman–Crippen LogP) is 2.95. The molecule has 3 rings (SSSR count). The SMILES string of the molecule is O=C(O)c1cccc(OC(C2CC2)C2CC2)c1. The fourth-order valence-corrected chi connectivity index (χ4v) is 2.29. The average molecular weight is 232 g/mol. The van der Waals surface area contributed by atoms with Gasteiger partial charge in [-0.05, 0) is 55.7 Å². The van der Waals surface area contributed by atoms with Crippen LogP contribution in [0.2, 0.25) is 0 Å². The van der Waals surface area contributed by atoms with E-state index < -0.39 is 5.97 Å². The molecule has 0 heterocycles. The standard InChI is InChI=1S/C14H16O3/c15-14(16)11-2-1-3-12(8-11)17-13(9-4-5-9)10-6-7-10/h1-3,8-10,13H,4-7H2,(H,15,16). The van der Waals surface area contributed by atoms with E-state index >= 15 is 0 Å². The van der Waals surface area contributed by atoms with Crippen molar-refractivity contribution in [3.05, 3.63) is 29.8 Å². The van der Waals surface area contributed by atoms with Crippen LogP contribution in [-0.4, -0.2) is 17.2 Å². The van der Waals surface area contributed by atoms with Gasteiger partial charge in [0.1, 0.15) is 11.9 Å². The third-order valence-electron chi connectivity index (χ3n) is 3.53. The van der Waals surface area contributed by atoms with Gasteiger partial charge in [-0.3, -0.25) is 0 Å². The molecule has 0 amide bonds. The van der Waals surface area contributed by atoms with Crippen LogP contribution in [0.1, 0.15) is 36.0 Å². The smallest absolute Gasteiger partial charge is 0.335 e. The highest BCUT2D eigenvalue weighted by Crippen LogP contribution is 2.46. The number of aromatic carboxylic acids is 1. The van der Waals surface area contributed by atoms with Crippen molar-refractivity contribution in [3.63, 3.8) is 0 Å². The van der Waals surface area contributed by atoms with Crippen molar-refractivity contribution in [2.75, 3.05) is 0 Å². The normalized spacial score (nSPS) is 19.4. The number of carboxylic acids is 1. The van der Waals surface area contributed by atoms with E-state index in [1.54, 1.807) is 18.2 Å². The molecule has 3 heteroatoms. The zero-order valence-electron chi connectivity index (χ0n) is 9.63. The summed E-state index contributed by atoms with van der Waals surface area (Å²) in [5.41, 5.74) is 0.299. The van der Waals surface area contributed by atoms with Crippen LogP contribution >= 0.6 is 0 Å². The van der Waals surface area contributed by atoms with Crippen molar-refractivity contribution in [2.24, 2.45) is 11.8 Å². The van der Waals surface area contributed by atoms with Crippen molar-refractivity contribution in [3.8, 4) is 5.75 Å². The quantitative estimate of drug-likeness (QED) is 0.849. The van der Waals surface area contributed by atoms with Gasteiger partial charge in [-0.25, -0.2) is 4.79 Å². The van der Waals surface area contributed by atoms with Gasteiger partial charge in [-0.1, -0.05) is 6.07 Å². The third kappa shape index (κ3) is 2.43. The Balaban J connectivity index is 1.74. The second kappa shape index (κ2) is 4.06. The number of ether oxygens (including phenoxy) is 1. The van der Waals surface area contributed by atoms with Gasteiger partial charge in [0, 0.05) is 0 Å². The summed E-state index contributed by atoms with van der Waals surface area (Å²) in [4.78, 5) is 10.9. The first-order valence-corrected chi connectivity index (χ1v) is 6.24. The highest BCUT2D eigenvalue weighted by atomic mass is 16.5. The van der Waals surface area contributed by atoms with Crippen LogP contribution in [0.4, 0.5) is 0 Å². The van der Waals surface area contributed by atoms with Crippen molar-refractivity contribution in [1.29, 1.82) is 0 Å². The van der Waals surface area contributed by atoms with Gasteiger partial charge in [-0.2, -0.15) is 0 Å². The fourth-order valence-electron chi connectivity index (χ4n) is 2.29. The molecule has 2 aliphatic rings. The van der Waals surface area contributed by atoms with Gasteiger partial charge in [0.25, 0.3) is 0 Å². The maximum Gasteiger partial charge on any atom is 0.335 e. The molecule has 0 aromatic heterocycles. The summed E-state index contributed by atoms with van der Waals surface area (Å²) in [5, 5.41) is 8.93. The topological polar surface area (TPSA) is 46.5 Å². The van der Waals surface area contributed by atoms with Gasteiger partial charge < -0.3 is 9.84 Å². The summed E-state index contributed by atoms with van der Waals surface area (Å²) in [7, 11) is 0. The number of hydrogen-bond acceptors (Lipinski definition) is 2. The van der Waals surface area contributed by atoms with Gasteiger partial charge in [0.05, 0.1) is 5.56 Å². The van der Waals surface area contributed by atoms with E-state index in [1.807, 2.05) is 6.07 Å². The minimum atomic E-state index is -0.898. The molecule has 0 saturated heterocycles. The highest BCUT2D eigenvalue weighted by Gasteiger charge is 2.43. The summed E-state index contributed by atoms with van der Waals surface area (Å²) in [6.45, 7) is 0. The van der Waals surface area contributed by atoms with E-state index in [0.717, 1.165) is 0 Å². The summed E-state index contributed by atoms with van der Waals surface area (Å²) >= 11 is 0. The van der Waals surface area contributed by atoms with Gasteiger partial charge in [0.15, 0.2) is 0 Å². The zero-order chi connectivity index (χ0) is 11.8. The molecule has 1 N–H and O–H groups in total. The molecule has 2 fully saturated rings. The second-order valence-corrected chi connectivity index (χ2v) is 5.09. The van der Waals surface area contributed by atoms with E-state index in [2.05, 4.69) is 0 Å². The third-order valence-corrected chi connectivity index (χ3v) is 3.53. The van der Waals surface area contributed by atoms with Gasteiger partial charge in [0.2, 0.25) is 0 Å². The van der Waals surface area contributed by atoms with Gasteiger partial charge in [-0.15, -0.1) is 0 Å². The number of carbonyl (C=O) groups is 1. The van der Waals surface area contributed by atoms with E-state index in [9.17, 15) is 4.79 Å². The molecule has 1 aromatic carbocycles. The number of carboxylic acid groups (broad SMARTS) is 1. The van der Waals surface area contributed by atoms with Crippen LogP contribution in [-0.2, 0) is 0 Å². The molecule has 17 heavy (non-hydrogen) atoms. The molecule has 2 aliphatic carbocycles. The Morgan fingerprint density at radius 1 is 1.24 bits per heavy atom. The van der Waals surface area contributed by atoms with E-state index in [-0.39, 0.29) is 0 Å². The van der Waals surface area contributed by atoms with Gasteiger partial charge >= 0.3 is 5.97 Å². The van der Waals surface area contributed by atoms with E-state index in [1.165, 1.54) is 25.7 Å². The van der Waals surface area contributed by atoms with Crippen molar-refractivity contribution in [1.82, 2.24) is 0 Å². The monoisotopic (exact) mass is 232 g/mol. The Labute approximate surface area is 100 Å². The maximum atomic E-state index is 10.9. The summed E-state index contributed by atoms with van der Waals surface area (Å²) in [6.07, 6.45) is 5.37. The Hall–Kier alpha value is -1.51. The molecule has 3 nitrogen and oxygen atoms in total. The first kappa shape index (κ1) is 10.6. The molecule has 0 atom stereocenters. The number of hydrogen-bond donors (Lipinski definition) is 1. The van der Waals surface area contributed by atoms with E-state index in [4.69, 9.17) is 9.84 Å². The molecular weight excluding hydrogens is 216 g/mol. The molecule has 0 bridgehead atoms. The summed E-state index contributed by atoms with van der Waals surface area (Å²) in [5.74, 6) is 1.21. The highest BCUT2D eigenvalue weighted by molar-refractivity contribution is 5.87. The van der Waals surface area contributed by atoms with Crippen LogP contribution in [0, 0.1) is 11.8 Å². The molecule has 0 radical (unpaired) electrons. The molecule has 0 aliphatic heterocycles. The molecule has 2 saturated carbocycles. The van der Waals surface area contributed by atoms with Crippen molar-refractivity contribution in [2.45, 2.75) is 31.8 Å². The fraction of sp³-hybridized carbons (Fsp3) is 0.500.